The number of ketones is 1. The van der Waals surface area contributed by atoms with Crippen LogP contribution in [0.4, 0.5) is 0 Å². The molecular weight excluding hydrogens is 120 g/mol. The second kappa shape index (κ2) is 2.19. The first kappa shape index (κ1) is 6.29. The molecule has 0 amide bonds. The lowest BCUT2D eigenvalue weighted by Gasteiger charge is -2.12. The van der Waals surface area contributed by atoms with Crippen molar-refractivity contribution in [1.29, 1.82) is 0 Å². The Morgan fingerprint density at radius 3 is 2.78 bits per heavy atom. The van der Waals surface area contributed by atoms with Crippen molar-refractivity contribution in [2.75, 3.05) is 0 Å². The molecule has 0 saturated heterocycles. The van der Waals surface area contributed by atoms with Gasteiger partial charge >= 0.3 is 0 Å². The Morgan fingerprint density at radius 1 is 1.67 bits per heavy atom. The van der Waals surface area contributed by atoms with E-state index in [0.29, 0.717) is 12.8 Å². The zero-order valence-electron chi connectivity index (χ0n) is 4.87. The summed E-state index contributed by atoms with van der Waals surface area (Å²) in [6.07, 6.45) is 0.947. The van der Waals surface area contributed by atoms with Crippen molar-refractivity contribution in [3.05, 3.63) is 11.8 Å². The summed E-state index contributed by atoms with van der Waals surface area (Å²) in [6, 6.07) is 0. The van der Waals surface area contributed by atoms with Crippen LogP contribution in [-0.4, -0.2) is 22.1 Å². The molecule has 0 spiro atoms. The standard InChI is InChI=1S/C6H8O3/c7-4-1-2-5(8)6(9)3-4/h3,5,8-9H,1-2H2/t5-/m0/s1. The Kier molecular flexibility index (Phi) is 1.53. The zero-order chi connectivity index (χ0) is 6.85. The van der Waals surface area contributed by atoms with Gasteiger partial charge in [-0.15, -0.1) is 0 Å². The molecule has 0 aromatic rings. The molecule has 3 nitrogen and oxygen atoms in total. The van der Waals surface area contributed by atoms with Gasteiger partial charge in [0.15, 0.2) is 5.78 Å². The molecule has 0 aromatic carbocycles. The SMILES string of the molecule is O=C1C=C(O)[C@@H](O)CC1. The number of carbonyl (C=O) groups excluding carboxylic acids is 1. The van der Waals surface area contributed by atoms with Crippen molar-refractivity contribution in [2.24, 2.45) is 0 Å². The summed E-state index contributed by atoms with van der Waals surface area (Å²) >= 11 is 0. The fourth-order valence-electron chi connectivity index (χ4n) is 0.760. The van der Waals surface area contributed by atoms with E-state index < -0.39 is 6.10 Å². The summed E-state index contributed by atoms with van der Waals surface area (Å²) < 4.78 is 0. The third kappa shape index (κ3) is 1.29. The maximum Gasteiger partial charge on any atom is 0.159 e. The van der Waals surface area contributed by atoms with Gasteiger partial charge in [-0.25, -0.2) is 0 Å². The highest BCUT2D eigenvalue weighted by Crippen LogP contribution is 2.12. The first-order valence-corrected chi connectivity index (χ1v) is 2.81. The van der Waals surface area contributed by atoms with E-state index in [1.54, 1.807) is 0 Å². The predicted octanol–water partition coefficient (Wildman–Crippen LogP) is 0.152. The zero-order valence-corrected chi connectivity index (χ0v) is 4.87. The van der Waals surface area contributed by atoms with Crippen LogP contribution >= 0.6 is 0 Å². The minimum absolute atomic E-state index is 0.113. The Balaban J connectivity index is 2.72. The Morgan fingerprint density at radius 2 is 2.33 bits per heavy atom. The molecule has 1 rings (SSSR count). The quantitative estimate of drug-likeness (QED) is 0.488. The molecule has 0 aliphatic heterocycles. The second-order valence-electron chi connectivity index (χ2n) is 2.09. The summed E-state index contributed by atoms with van der Waals surface area (Å²) in [4.78, 5) is 10.5. The van der Waals surface area contributed by atoms with Gasteiger partial charge in [0.2, 0.25) is 0 Å². The normalized spacial score (nSPS) is 27.9. The number of rotatable bonds is 0. The molecule has 0 heterocycles. The lowest BCUT2D eigenvalue weighted by molar-refractivity contribution is -0.116. The number of aliphatic hydroxyl groups excluding tert-OH is 2. The minimum atomic E-state index is -0.817. The molecule has 1 aliphatic rings. The maximum absolute atomic E-state index is 10.5. The molecule has 1 aliphatic carbocycles. The van der Waals surface area contributed by atoms with Crippen LogP contribution in [0, 0.1) is 0 Å². The van der Waals surface area contributed by atoms with Crippen LogP contribution in [0.15, 0.2) is 11.8 Å². The average molecular weight is 128 g/mol. The topological polar surface area (TPSA) is 57.5 Å². The number of carbonyl (C=O) groups is 1. The van der Waals surface area contributed by atoms with Crippen LogP contribution in [0.5, 0.6) is 0 Å². The van der Waals surface area contributed by atoms with Gasteiger partial charge in [-0.05, 0) is 6.42 Å². The van der Waals surface area contributed by atoms with Crippen LogP contribution in [-0.2, 0) is 4.79 Å². The number of hydrogen-bond acceptors (Lipinski definition) is 3. The third-order valence-electron chi connectivity index (χ3n) is 1.31. The molecular formula is C6H8O3. The molecule has 0 unspecified atom stereocenters. The predicted molar refractivity (Wildman–Crippen MR) is 31.0 cm³/mol. The monoisotopic (exact) mass is 128 g/mol. The van der Waals surface area contributed by atoms with E-state index in [9.17, 15) is 4.79 Å². The summed E-state index contributed by atoms with van der Waals surface area (Å²) in [5.41, 5.74) is 0. The molecule has 0 radical (unpaired) electrons. The van der Waals surface area contributed by atoms with E-state index in [2.05, 4.69) is 0 Å². The molecule has 9 heavy (non-hydrogen) atoms. The summed E-state index contributed by atoms with van der Waals surface area (Å²) in [7, 11) is 0. The largest absolute Gasteiger partial charge is 0.509 e. The van der Waals surface area contributed by atoms with E-state index in [-0.39, 0.29) is 11.5 Å². The van der Waals surface area contributed by atoms with Gasteiger partial charge in [0.1, 0.15) is 11.9 Å². The van der Waals surface area contributed by atoms with Gasteiger partial charge in [-0.1, -0.05) is 0 Å². The first-order chi connectivity index (χ1) is 4.20. The summed E-state index contributed by atoms with van der Waals surface area (Å²) in [6.45, 7) is 0. The Hall–Kier alpha value is -0.830. The molecule has 0 bridgehead atoms. The number of allylic oxidation sites excluding steroid dienone is 1. The van der Waals surface area contributed by atoms with Gasteiger partial charge in [-0.2, -0.15) is 0 Å². The van der Waals surface area contributed by atoms with E-state index in [4.69, 9.17) is 10.2 Å². The van der Waals surface area contributed by atoms with Gasteiger partial charge in [0, 0.05) is 12.5 Å². The third-order valence-corrected chi connectivity index (χ3v) is 1.31. The van der Waals surface area contributed by atoms with Gasteiger partial charge < -0.3 is 10.2 Å². The van der Waals surface area contributed by atoms with E-state index >= 15 is 0 Å². The van der Waals surface area contributed by atoms with Crippen molar-refractivity contribution >= 4 is 5.78 Å². The van der Waals surface area contributed by atoms with Crippen molar-refractivity contribution in [3.8, 4) is 0 Å². The van der Waals surface area contributed by atoms with Gasteiger partial charge in [-0.3, -0.25) is 4.79 Å². The fourth-order valence-corrected chi connectivity index (χ4v) is 0.760. The summed E-state index contributed by atoms with van der Waals surface area (Å²) in [5, 5.41) is 17.6. The van der Waals surface area contributed by atoms with Crippen LogP contribution in [0.1, 0.15) is 12.8 Å². The molecule has 0 fully saturated rings. The van der Waals surface area contributed by atoms with Crippen molar-refractivity contribution in [1.82, 2.24) is 0 Å². The smallest absolute Gasteiger partial charge is 0.159 e. The Labute approximate surface area is 52.6 Å². The van der Waals surface area contributed by atoms with E-state index in [1.807, 2.05) is 0 Å². The Bertz CT molecular complexity index is 160. The van der Waals surface area contributed by atoms with Crippen molar-refractivity contribution < 1.29 is 15.0 Å². The summed E-state index contributed by atoms with van der Waals surface area (Å²) in [5.74, 6) is -0.316. The first-order valence-electron chi connectivity index (χ1n) is 2.81. The molecule has 50 valence electrons. The lowest BCUT2D eigenvalue weighted by atomic mass is 10.0. The van der Waals surface area contributed by atoms with Crippen LogP contribution in [0.25, 0.3) is 0 Å². The molecule has 3 heteroatoms. The maximum atomic E-state index is 10.5. The number of hydrogen-bond donors (Lipinski definition) is 2. The van der Waals surface area contributed by atoms with Crippen molar-refractivity contribution in [3.63, 3.8) is 0 Å². The van der Waals surface area contributed by atoms with E-state index in [1.165, 1.54) is 0 Å². The van der Waals surface area contributed by atoms with Gasteiger partial charge in [0.05, 0.1) is 0 Å². The average Bonchev–Trinajstić information content (AvgIpc) is 1.80. The van der Waals surface area contributed by atoms with Gasteiger partial charge in [0.25, 0.3) is 0 Å². The van der Waals surface area contributed by atoms with Crippen LogP contribution in [0.3, 0.4) is 0 Å². The second-order valence-corrected chi connectivity index (χ2v) is 2.09. The van der Waals surface area contributed by atoms with E-state index in [0.717, 1.165) is 6.08 Å². The molecule has 2 N–H and O–H groups in total. The van der Waals surface area contributed by atoms with Crippen molar-refractivity contribution in [2.45, 2.75) is 18.9 Å². The highest BCUT2D eigenvalue weighted by Gasteiger charge is 2.17. The highest BCUT2D eigenvalue weighted by atomic mass is 16.3. The molecule has 0 saturated carbocycles. The van der Waals surface area contributed by atoms with Crippen LogP contribution < -0.4 is 0 Å². The minimum Gasteiger partial charge on any atom is -0.509 e. The number of aliphatic hydroxyl groups is 2. The van der Waals surface area contributed by atoms with Crippen LogP contribution in [0.2, 0.25) is 0 Å². The fraction of sp³-hybridized carbons (Fsp3) is 0.500. The lowest BCUT2D eigenvalue weighted by Crippen LogP contribution is -2.17. The molecule has 0 aromatic heterocycles. The molecule has 1 atom stereocenters. The highest BCUT2D eigenvalue weighted by molar-refractivity contribution is 5.91.